The largest absolute Gasteiger partial charge is 0.394 e. The van der Waals surface area contributed by atoms with Gasteiger partial charge in [-0.1, -0.05) is 0 Å². The van der Waals surface area contributed by atoms with Gasteiger partial charge in [0, 0.05) is 0 Å². The number of aliphatic hydroxyl groups is 8. The van der Waals surface area contributed by atoms with Gasteiger partial charge in [-0.25, -0.2) is 0 Å². The Kier molecular flexibility index (Phi) is 16.9. The van der Waals surface area contributed by atoms with Gasteiger partial charge in [-0.3, -0.25) is 0 Å². The molecule has 0 radical (unpaired) electrons. The van der Waals surface area contributed by atoms with Gasteiger partial charge in [-0.15, -0.1) is 0 Å². The summed E-state index contributed by atoms with van der Waals surface area (Å²) >= 11 is 0. The molecule has 0 bridgehead atoms. The van der Waals surface area contributed by atoms with E-state index in [-0.39, 0.29) is 52.9 Å². The Morgan fingerprint density at radius 3 is 1.95 bits per heavy atom. The number of ether oxygens (including phenoxy) is 8. The van der Waals surface area contributed by atoms with Crippen molar-refractivity contribution in [1.82, 2.24) is 0 Å². The Morgan fingerprint density at radius 2 is 1.36 bits per heavy atom. The number of likely N-dealkylation sites (N-methyl/N-ethyl adjacent to an activating group) is 1. The Morgan fingerprint density at radius 1 is 0.714 bits per heavy atom. The van der Waals surface area contributed by atoms with E-state index in [9.17, 15) is 30.6 Å². The minimum absolute atomic E-state index is 0.0362. The molecule has 0 amide bonds. The molecule has 0 aromatic rings. The standard InChI is InChI=1S/C25H50NO16/c1-26(2,3)10-15(31)12-35-8-9-39-23-18(32)20(17(13-36-14-30)40-24(23)34)42-25-19(33)22(38-7-5-28)21(37-6-4-27)16(11-29)41-25/h15-25,27-34H,4-14H2,1-3H3/q+1/t15-,16+,17+,18-,19+,20+,21+,22+,23+,24+,25+/m0/s1. The van der Waals surface area contributed by atoms with Crippen molar-refractivity contribution in [2.45, 2.75) is 67.5 Å². The van der Waals surface area contributed by atoms with Gasteiger partial charge in [-0.05, 0) is 0 Å². The number of hydrogen-bond acceptors (Lipinski definition) is 16. The summed E-state index contributed by atoms with van der Waals surface area (Å²) in [6, 6.07) is 0. The molecule has 250 valence electrons. The Hall–Kier alpha value is -0.680. The second-order valence-corrected chi connectivity index (χ2v) is 11.0. The first kappa shape index (κ1) is 37.5. The number of hydrogen-bond donors (Lipinski definition) is 8. The molecule has 17 nitrogen and oxygen atoms in total. The molecule has 0 aromatic heterocycles. The predicted octanol–water partition coefficient (Wildman–Crippen LogP) is -5.28. The molecule has 0 saturated carbocycles. The van der Waals surface area contributed by atoms with E-state index in [1.54, 1.807) is 0 Å². The van der Waals surface area contributed by atoms with Crippen LogP contribution >= 0.6 is 0 Å². The lowest BCUT2D eigenvalue weighted by molar-refractivity contribution is -0.873. The summed E-state index contributed by atoms with van der Waals surface area (Å²) in [4.78, 5) is 0. The quantitative estimate of drug-likeness (QED) is 0.0360. The third kappa shape index (κ3) is 11.7. The van der Waals surface area contributed by atoms with Gasteiger partial charge in [0.25, 0.3) is 0 Å². The van der Waals surface area contributed by atoms with E-state index in [0.717, 1.165) is 0 Å². The molecule has 42 heavy (non-hydrogen) atoms. The maximum absolute atomic E-state index is 11.2. The first-order valence-corrected chi connectivity index (χ1v) is 13.9. The minimum atomic E-state index is -1.63. The Balaban J connectivity index is 2.10. The summed E-state index contributed by atoms with van der Waals surface area (Å²) in [7, 11) is 5.80. The zero-order chi connectivity index (χ0) is 31.3. The van der Waals surface area contributed by atoms with Gasteiger partial charge in [0.2, 0.25) is 0 Å². The normalized spacial score (nSPS) is 34.9. The van der Waals surface area contributed by atoms with Gasteiger partial charge in [0.1, 0.15) is 68.3 Å². The SMILES string of the molecule is C[N+](C)(C)C[C@H](O)COCCO[C@@H]1[C@@H](O)[C@H](O[C@H]2O[C@H](CO)[C@@H](OCCO)[C@H](OCCO)[C@H]2O)[C@@H](COCO)O[C@H]1O. The van der Waals surface area contributed by atoms with Crippen molar-refractivity contribution in [3.05, 3.63) is 0 Å². The maximum Gasteiger partial charge on any atom is 0.187 e. The van der Waals surface area contributed by atoms with E-state index < -0.39 is 80.9 Å². The maximum atomic E-state index is 11.2. The molecular formula is C25H50NO16+. The number of rotatable bonds is 20. The molecule has 2 fully saturated rings. The van der Waals surface area contributed by atoms with Gasteiger partial charge < -0.3 is 83.2 Å². The van der Waals surface area contributed by atoms with Crippen LogP contribution in [-0.4, -0.2) is 207 Å². The molecule has 0 spiro atoms. The predicted molar refractivity (Wildman–Crippen MR) is 140 cm³/mol. The Labute approximate surface area is 245 Å². The average molecular weight is 621 g/mol. The van der Waals surface area contributed by atoms with E-state index in [2.05, 4.69) is 0 Å². The molecule has 11 atom stereocenters. The molecular weight excluding hydrogens is 570 g/mol. The van der Waals surface area contributed by atoms with Crippen LogP contribution < -0.4 is 0 Å². The lowest BCUT2D eigenvalue weighted by Crippen LogP contribution is -2.65. The third-order valence-electron chi connectivity index (χ3n) is 6.50. The van der Waals surface area contributed by atoms with Crippen LogP contribution in [0.4, 0.5) is 0 Å². The second-order valence-electron chi connectivity index (χ2n) is 11.0. The van der Waals surface area contributed by atoms with Crippen LogP contribution in [0.25, 0.3) is 0 Å². The van der Waals surface area contributed by atoms with Crippen molar-refractivity contribution < 1.29 is 83.2 Å². The van der Waals surface area contributed by atoms with Crippen LogP contribution in [0.2, 0.25) is 0 Å². The smallest absolute Gasteiger partial charge is 0.187 e. The summed E-state index contributed by atoms with van der Waals surface area (Å²) in [5.74, 6) is 0. The molecule has 17 heteroatoms. The van der Waals surface area contributed by atoms with E-state index in [1.807, 2.05) is 21.1 Å². The lowest BCUT2D eigenvalue weighted by Gasteiger charge is -2.47. The van der Waals surface area contributed by atoms with Gasteiger partial charge in [-0.2, -0.15) is 0 Å². The number of quaternary nitrogens is 1. The van der Waals surface area contributed by atoms with Crippen LogP contribution in [0.5, 0.6) is 0 Å². The van der Waals surface area contributed by atoms with Crippen molar-refractivity contribution in [2.24, 2.45) is 0 Å². The zero-order valence-corrected chi connectivity index (χ0v) is 24.4. The fraction of sp³-hybridized carbons (Fsp3) is 1.00. The third-order valence-corrected chi connectivity index (χ3v) is 6.50. The molecule has 0 aromatic carbocycles. The minimum Gasteiger partial charge on any atom is -0.394 e. The molecule has 2 rings (SSSR count). The van der Waals surface area contributed by atoms with Crippen molar-refractivity contribution in [2.75, 3.05) is 93.9 Å². The molecule has 2 aliphatic heterocycles. The molecule has 2 heterocycles. The van der Waals surface area contributed by atoms with Crippen LogP contribution in [0.15, 0.2) is 0 Å². The Bertz CT molecular complexity index is 716. The molecule has 2 aliphatic rings. The fourth-order valence-electron chi connectivity index (χ4n) is 4.79. The summed E-state index contributed by atoms with van der Waals surface area (Å²) in [6.45, 7) is -2.18. The highest BCUT2D eigenvalue weighted by molar-refractivity contribution is 4.95. The van der Waals surface area contributed by atoms with Crippen molar-refractivity contribution >= 4 is 0 Å². The first-order chi connectivity index (χ1) is 20.0. The molecule has 2 saturated heterocycles. The van der Waals surface area contributed by atoms with Crippen molar-refractivity contribution in [3.8, 4) is 0 Å². The highest BCUT2D eigenvalue weighted by Crippen LogP contribution is 2.31. The second kappa shape index (κ2) is 19.0. The number of nitrogens with zero attached hydrogens (tertiary/aromatic N) is 1. The highest BCUT2D eigenvalue weighted by atomic mass is 16.7. The summed E-state index contributed by atoms with van der Waals surface area (Å²) in [6.07, 6.45) is -14.1. The zero-order valence-electron chi connectivity index (χ0n) is 24.4. The van der Waals surface area contributed by atoms with Gasteiger partial charge in [0.05, 0.1) is 80.6 Å². The molecule has 8 N–H and O–H groups in total. The van der Waals surface area contributed by atoms with E-state index >= 15 is 0 Å². The van der Waals surface area contributed by atoms with E-state index in [0.29, 0.717) is 11.0 Å². The van der Waals surface area contributed by atoms with Crippen LogP contribution in [-0.2, 0) is 37.9 Å². The molecule has 0 aliphatic carbocycles. The highest BCUT2D eigenvalue weighted by Gasteiger charge is 2.52. The summed E-state index contributed by atoms with van der Waals surface area (Å²) < 4.78 is 44.9. The summed E-state index contributed by atoms with van der Waals surface area (Å²) in [5.41, 5.74) is 0. The number of aliphatic hydroxyl groups excluding tert-OH is 8. The van der Waals surface area contributed by atoms with Gasteiger partial charge >= 0.3 is 0 Å². The van der Waals surface area contributed by atoms with Crippen LogP contribution in [0, 0.1) is 0 Å². The fourth-order valence-corrected chi connectivity index (χ4v) is 4.79. The monoisotopic (exact) mass is 620 g/mol. The van der Waals surface area contributed by atoms with E-state index in [1.165, 1.54) is 0 Å². The van der Waals surface area contributed by atoms with Crippen LogP contribution in [0.1, 0.15) is 0 Å². The first-order valence-electron chi connectivity index (χ1n) is 13.9. The lowest BCUT2D eigenvalue weighted by atomic mass is 9.96. The van der Waals surface area contributed by atoms with Crippen molar-refractivity contribution in [1.29, 1.82) is 0 Å². The summed E-state index contributed by atoms with van der Waals surface area (Å²) in [5, 5.41) is 80.3. The van der Waals surface area contributed by atoms with E-state index in [4.69, 9.17) is 48.1 Å². The topological polar surface area (TPSA) is 236 Å². The van der Waals surface area contributed by atoms with Crippen LogP contribution in [0.3, 0.4) is 0 Å². The average Bonchev–Trinajstić information content (AvgIpc) is 2.93. The molecule has 0 unspecified atom stereocenters. The van der Waals surface area contributed by atoms with Crippen molar-refractivity contribution in [3.63, 3.8) is 0 Å². The van der Waals surface area contributed by atoms with Gasteiger partial charge in [0.15, 0.2) is 12.6 Å².